The molecule has 3 amide bonds. The third-order valence-corrected chi connectivity index (χ3v) is 6.63. The van der Waals surface area contributed by atoms with Gasteiger partial charge in [0.2, 0.25) is 17.7 Å². The first-order valence-electron chi connectivity index (χ1n) is 13.6. The summed E-state index contributed by atoms with van der Waals surface area (Å²) >= 11 is 0. The van der Waals surface area contributed by atoms with Crippen LogP contribution in [0.2, 0.25) is 0 Å². The van der Waals surface area contributed by atoms with Crippen LogP contribution in [0.5, 0.6) is 0 Å². The molecule has 3 aromatic rings. The lowest BCUT2D eigenvalue weighted by atomic mass is 10.0. The summed E-state index contributed by atoms with van der Waals surface area (Å²) in [6, 6.07) is 1.97. The number of carbonyl (C=O) groups excluding carboxylic acids is 3. The van der Waals surface area contributed by atoms with Crippen LogP contribution in [0.3, 0.4) is 0 Å². The number of imidazole rings is 1. The Hall–Kier alpha value is -5.45. The molecule has 44 heavy (non-hydrogen) atoms. The van der Waals surface area contributed by atoms with Gasteiger partial charge in [0.1, 0.15) is 18.1 Å². The summed E-state index contributed by atoms with van der Waals surface area (Å²) in [4.78, 5) is 76.3. The molecule has 0 saturated heterocycles. The first-order chi connectivity index (χ1) is 20.9. The predicted molar refractivity (Wildman–Crippen MR) is 158 cm³/mol. The van der Waals surface area contributed by atoms with Crippen molar-refractivity contribution in [2.75, 3.05) is 6.54 Å². The molecule has 1 aromatic carbocycles. The van der Waals surface area contributed by atoms with Gasteiger partial charge in [-0.2, -0.15) is 0 Å². The van der Waals surface area contributed by atoms with Crippen molar-refractivity contribution in [2.24, 2.45) is 22.2 Å². The van der Waals surface area contributed by atoms with Gasteiger partial charge in [-0.15, -0.1) is 0 Å². The van der Waals surface area contributed by atoms with Crippen molar-refractivity contribution in [1.29, 1.82) is 0 Å². The van der Waals surface area contributed by atoms with Gasteiger partial charge in [-0.05, 0) is 24.5 Å². The summed E-state index contributed by atoms with van der Waals surface area (Å²) in [5, 5.41) is 27.2. The summed E-state index contributed by atoms with van der Waals surface area (Å²) in [5.41, 5.74) is 18.3. The number of aromatic nitrogens is 3. The van der Waals surface area contributed by atoms with Crippen molar-refractivity contribution in [1.82, 2.24) is 30.9 Å². The molecule has 4 unspecified atom stereocenters. The molecule has 0 fully saturated rings. The molecule has 2 heterocycles. The Bertz CT molecular complexity index is 1480. The molecule has 0 aliphatic rings. The number of carboxylic acids is 2. The second-order valence-corrected chi connectivity index (χ2v) is 10.0. The van der Waals surface area contributed by atoms with Crippen LogP contribution in [0.15, 0.2) is 48.0 Å². The number of nitrogens with one attached hydrogen (secondary N) is 5. The van der Waals surface area contributed by atoms with Gasteiger partial charge in [0, 0.05) is 48.4 Å². The maximum atomic E-state index is 13.4. The van der Waals surface area contributed by atoms with Crippen LogP contribution in [-0.4, -0.2) is 91.5 Å². The van der Waals surface area contributed by atoms with Gasteiger partial charge in [0.05, 0.1) is 18.8 Å². The minimum absolute atomic E-state index is 0.0109. The highest BCUT2D eigenvalue weighted by molar-refractivity contribution is 5.95. The molecular weight excluding hydrogens is 576 g/mol. The van der Waals surface area contributed by atoms with Crippen LogP contribution >= 0.6 is 0 Å². The van der Waals surface area contributed by atoms with E-state index in [1.54, 1.807) is 6.20 Å². The number of nitrogens with zero attached hydrogens (tertiary/aromatic N) is 2. The monoisotopic (exact) mass is 612 g/mol. The largest absolute Gasteiger partial charge is 0.481 e. The highest BCUT2D eigenvalue weighted by Crippen LogP contribution is 2.19. The number of guanidine groups is 1. The lowest BCUT2D eigenvalue weighted by Gasteiger charge is -2.25. The molecule has 236 valence electrons. The summed E-state index contributed by atoms with van der Waals surface area (Å²) in [6.07, 6.45) is 3.88. The molecule has 0 spiro atoms. The normalized spacial score (nSPS) is 13.7. The van der Waals surface area contributed by atoms with Crippen LogP contribution in [0.25, 0.3) is 10.9 Å². The standard InChI is InChI=1S/C27H36N10O7/c28-17(10-22(38)39)23(40)36-20(9-15-12-31-13-34-15)25(42)35-19(6-3-7-32-27(29)30)24(41)37-21(26(43)44)8-14-11-33-18-5-2-1-4-16(14)18/h1-2,4-5,11-13,17,19-21,33H,3,6-10,28H2,(H,31,34)(H,35,42)(H,36,40)(H,37,41)(H,38,39)(H,43,44)(H4,29,30,32). The first-order valence-corrected chi connectivity index (χ1v) is 13.6. The zero-order chi connectivity index (χ0) is 32.2. The third-order valence-electron chi connectivity index (χ3n) is 6.63. The Morgan fingerprint density at radius 1 is 0.909 bits per heavy atom. The highest BCUT2D eigenvalue weighted by Gasteiger charge is 2.31. The van der Waals surface area contributed by atoms with Crippen LogP contribution in [0.4, 0.5) is 0 Å². The SMILES string of the molecule is NC(N)=NCCCC(NC(=O)C(Cc1cnc[nH]1)NC(=O)C(N)CC(=O)O)C(=O)NC(Cc1c[nH]c2ccccc12)C(=O)O. The molecular formula is C27H36N10O7. The number of nitrogens with two attached hydrogens (primary N) is 3. The van der Waals surface area contributed by atoms with Gasteiger partial charge in [-0.25, -0.2) is 9.78 Å². The third kappa shape index (κ3) is 9.83. The summed E-state index contributed by atoms with van der Waals surface area (Å²) in [7, 11) is 0. The molecule has 0 saturated carbocycles. The van der Waals surface area contributed by atoms with E-state index in [2.05, 4.69) is 35.9 Å². The number of aromatic amines is 2. The summed E-state index contributed by atoms with van der Waals surface area (Å²) in [6.45, 7) is 0.123. The van der Waals surface area contributed by atoms with E-state index in [0.717, 1.165) is 10.9 Å². The summed E-state index contributed by atoms with van der Waals surface area (Å²) < 4.78 is 0. The number of aliphatic carboxylic acids is 2. The van der Waals surface area contributed by atoms with Crippen molar-refractivity contribution in [3.8, 4) is 0 Å². The average Bonchev–Trinajstić information content (AvgIpc) is 3.63. The second kappa shape index (κ2) is 15.7. The average molecular weight is 613 g/mol. The van der Waals surface area contributed by atoms with Crippen molar-refractivity contribution in [3.05, 3.63) is 54.2 Å². The molecule has 0 bridgehead atoms. The molecule has 13 N–H and O–H groups in total. The lowest BCUT2D eigenvalue weighted by molar-refractivity contribution is -0.142. The zero-order valence-corrected chi connectivity index (χ0v) is 23.7. The Morgan fingerprint density at radius 3 is 2.25 bits per heavy atom. The quantitative estimate of drug-likeness (QED) is 0.0455. The molecule has 17 nitrogen and oxygen atoms in total. The smallest absolute Gasteiger partial charge is 0.326 e. The molecule has 17 heteroatoms. The van der Waals surface area contributed by atoms with Gasteiger partial charge in [0.25, 0.3) is 0 Å². The minimum Gasteiger partial charge on any atom is -0.481 e. The van der Waals surface area contributed by atoms with Crippen LogP contribution in [-0.2, 0) is 36.8 Å². The molecule has 4 atom stereocenters. The van der Waals surface area contributed by atoms with Gasteiger partial charge in [-0.3, -0.25) is 24.2 Å². The Morgan fingerprint density at radius 2 is 1.59 bits per heavy atom. The number of benzene rings is 1. The van der Waals surface area contributed by atoms with Crippen molar-refractivity contribution in [3.63, 3.8) is 0 Å². The fourth-order valence-corrected chi connectivity index (χ4v) is 4.42. The molecule has 0 aliphatic heterocycles. The first kappa shape index (κ1) is 33.1. The fraction of sp³-hybridized carbons (Fsp3) is 0.370. The number of hydrogen-bond acceptors (Lipinski definition) is 8. The number of fused-ring (bicyclic) bond motifs is 1. The van der Waals surface area contributed by atoms with E-state index < -0.39 is 60.2 Å². The van der Waals surface area contributed by atoms with E-state index in [1.165, 1.54) is 12.5 Å². The summed E-state index contributed by atoms with van der Waals surface area (Å²) in [5.74, 6) is -5.25. The Kier molecular flexibility index (Phi) is 11.8. The number of H-pyrrole nitrogens is 2. The zero-order valence-electron chi connectivity index (χ0n) is 23.7. The minimum atomic E-state index is -1.44. The number of amides is 3. The van der Waals surface area contributed by atoms with Gasteiger partial charge in [-0.1, -0.05) is 18.2 Å². The van der Waals surface area contributed by atoms with Crippen molar-refractivity contribution < 1.29 is 34.2 Å². The van der Waals surface area contributed by atoms with Gasteiger partial charge >= 0.3 is 11.9 Å². The molecule has 3 rings (SSSR count). The number of rotatable bonds is 17. The number of para-hydroxylation sites is 1. The predicted octanol–water partition coefficient (Wildman–Crippen LogP) is -1.93. The number of carboxylic acid groups (broad SMARTS) is 2. The fourth-order valence-electron chi connectivity index (χ4n) is 4.42. The van der Waals surface area contributed by atoms with E-state index in [4.69, 9.17) is 22.3 Å². The van der Waals surface area contributed by atoms with Crippen LogP contribution < -0.4 is 33.2 Å². The van der Waals surface area contributed by atoms with Crippen molar-refractivity contribution >= 4 is 46.5 Å². The maximum absolute atomic E-state index is 13.4. The second-order valence-electron chi connectivity index (χ2n) is 10.0. The number of carbonyl (C=O) groups is 5. The van der Waals surface area contributed by atoms with Crippen LogP contribution in [0, 0.1) is 0 Å². The van der Waals surface area contributed by atoms with E-state index >= 15 is 0 Å². The topological polar surface area (TPSA) is 297 Å². The molecule has 2 aromatic heterocycles. The van der Waals surface area contributed by atoms with Gasteiger partial charge in [0.15, 0.2) is 5.96 Å². The van der Waals surface area contributed by atoms with E-state index in [9.17, 15) is 29.1 Å². The number of hydrogen-bond donors (Lipinski definition) is 10. The molecule has 0 aliphatic carbocycles. The lowest BCUT2D eigenvalue weighted by Crippen LogP contribution is -2.58. The highest BCUT2D eigenvalue weighted by atomic mass is 16.4. The van der Waals surface area contributed by atoms with Crippen molar-refractivity contribution in [2.45, 2.75) is 56.3 Å². The van der Waals surface area contributed by atoms with E-state index in [1.807, 2.05) is 24.3 Å². The molecule has 0 radical (unpaired) electrons. The maximum Gasteiger partial charge on any atom is 0.326 e. The Labute approximate surface area is 251 Å². The van der Waals surface area contributed by atoms with E-state index in [0.29, 0.717) is 11.3 Å². The van der Waals surface area contributed by atoms with Gasteiger partial charge < -0.3 is 53.3 Å². The Balaban J connectivity index is 1.79. The van der Waals surface area contributed by atoms with E-state index in [-0.39, 0.29) is 38.2 Å². The van der Waals surface area contributed by atoms with Crippen LogP contribution in [0.1, 0.15) is 30.5 Å². The number of aliphatic imine (C=N–C) groups is 1.